The predicted octanol–water partition coefficient (Wildman–Crippen LogP) is -0.0277. The van der Waals surface area contributed by atoms with Gasteiger partial charge in [0.25, 0.3) is 0 Å². The molecule has 0 aliphatic rings. The Kier molecular flexibility index (Phi) is 1.49. The third-order valence-electron chi connectivity index (χ3n) is 0.271. The second-order valence-corrected chi connectivity index (χ2v) is 2.16. The second-order valence-electron chi connectivity index (χ2n) is 0.809. The first-order valence-corrected chi connectivity index (χ1v) is 2.65. The normalized spacial score (nSPS) is 11.1. The molecule has 0 atom stereocenters. The van der Waals surface area contributed by atoms with Gasteiger partial charge in [-0.15, -0.1) is 0 Å². The molecule has 0 aromatic heterocycles. The van der Waals surface area contributed by atoms with Crippen LogP contribution in [0.5, 0.6) is 0 Å². The van der Waals surface area contributed by atoms with E-state index in [4.69, 9.17) is 0 Å². The van der Waals surface area contributed by atoms with Crippen LogP contribution in [0, 0.1) is 0 Å². The van der Waals surface area contributed by atoms with E-state index in [2.05, 4.69) is 6.58 Å². The van der Waals surface area contributed by atoms with Crippen molar-refractivity contribution in [2.45, 2.75) is 0 Å². The maximum absolute atomic E-state index is 11.1. The number of hydrogen-bond acceptors (Lipinski definition) is 3. The predicted molar refractivity (Wildman–Crippen MR) is 19.9 cm³/mol. The zero-order chi connectivity index (χ0) is 6.08. The summed E-state index contributed by atoms with van der Waals surface area (Å²) in [4.78, 5) is 0. The third kappa shape index (κ3) is 2.30. The van der Waals surface area contributed by atoms with Gasteiger partial charge in [-0.3, -0.25) is 0 Å². The first kappa shape index (κ1) is 6.58. The van der Waals surface area contributed by atoms with Crippen LogP contribution in [0.3, 0.4) is 0 Å². The van der Waals surface area contributed by atoms with Crippen LogP contribution in [0.25, 0.3) is 0 Å². The molecule has 0 saturated heterocycles. The molecule has 0 saturated carbocycles. The van der Waals surface area contributed by atoms with E-state index >= 15 is 0 Å². The lowest BCUT2D eigenvalue weighted by Gasteiger charge is -1.97. The Balaban J connectivity index is 4.43. The highest BCUT2D eigenvalue weighted by molar-refractivity contribution is 7.89. The van der Waals surface area contributed by atoms with Gasteiger partial charge < -0.3 is 4.55 Å². The van der Waals surface area contributed by atoms with Crippen LogP contribution in [0.4, 0.5) is 4.39 Å². The standard InChI is InChI=1S/C2H3FO3S/c1-2(3)7(4,5)6/h1H2,(H,4,5,6)/p-1. The molecule has 0 aliphatic carbocycles. The molecule has 42 valence electrons. The summed E-state index contributed by atoms with van der Waals surface area (Å²) < 4.78 is 39.0. The average molecular weight is 125 g/mol. The Morgan fingerprint density at radius 1 is 1.71 bits per heavy atom. The fourth-order valence-electron chi connectivity index (χ4n) is 0. The van der Waals surface area contributed by atoms with Gasteiger partial charge in [-0.05, 0) is 0 Å². The van der Waals surface area contributed by atoms with Crippen LogP contribution >= 0.6 is 0 Å². The van der Waals surface area contributed by atoms with Gasteiger partial charge in [-0.1, -0.05) is 6.58 Å². The topological polar surface area (TPSA) is 57.2 Å². The molecular formula is C2H2FO3S-. The van der Waals surface area contributed by atoms with Gasteiger partial charge in [0.15, 0.2) is 15.3 Å². The van der Waals surface area contributed by atoms with Crippen molar-refractivity contribution >= 4 is 10.1 Å². The van der Waals surface area contributed by atoms with Crippen LogP contribution in [0.2, 0.25) is 0 Å². The zero-order valence-electron chi connectivity index (χ0n) is 3.22. The molecule has 0 aromatic rings. The van der Waals surface area contributed by atoms with Crippen LogP contribution in [0.15, 0.2) is 11.7 Å². The summed E-state index contributed by atoms with van der Waals surface area (Å²) in [5.74, 6) is 0. The zero-order valence-corrected chi connectivity index (χ0v) is 4.03. The van der Waals surface area contributed by atoms with E-state index in [9.17, 15) is 17.4 Å². The van der Waals surface area contributed by atoms with Crippen molar-refractivity contribution in [2.24, 2.45) is 0 Å². The van der Waals surface area contributed by atoms with E-state index in [1.165, 1.54) is 0 Å². The largest absolute Gasteiger partial charge is 0.742 e. The molecule has 0 spiro atoms. The lowest BCUT2D eigenvalue weighted by molar-refractivity contribution is 0.455. The molecule has 0 fully saturated rings. The monoisotopic (exact) mass is 125 g/mol. The summed E-state index contributed by atoms with van der Waals surface area (Å²) in [6.45, 7) is 2.26. The Bertz CT molecular complexity index is 167. The Morgan fingerprint density at radius 2 is 1.86 bits per heavy atom. The fourth-order valence-corrected chi connectivity index (χ4v) is 0. The van der Waals surface area contributed by atoms with Gasteiger partial charge in [-0.25, -0.2) is 8.42 Å². The van der Waals surface area contributed by atoms with Crippen molar-refractivity contribution in [2.75, 3.05) is 0 Å². The van der Waals surface area contributed by atoms with Gasteiger partial charge in [0.1, 0.15) is 0 Å². The van der Waals surface area contributed by atoms with Crippen molar-refractivity contribution in [3.05, 3.63) is 11.7 Å². The molecule has 0 N–H and O–H groups in total. The second kappa shape index (κ2) is 1.59. The van der Waals surface area contributed by atoms with E-state index in [1.54, 1.807) is 0 Å². The molecule has 0 rings (SSSR count). The molecule has 0 bridgehead atoms. The number of hydrogen-bond donors (Lipinski definition) is 0. The van der Waals surface area contributed by atoms with E-state index in [0.717, 1.165) is 0 Å². The van der Waals surface area contributed by atoms with Crippen molar-refractivity contribution in [1.82, 2.24) is 0 Å². The summed E-state index contributed by atoms with van der Waals surface area (Å²) in [5.41, 5.74) is 0. The molecule has 0 radical (unpaired) electrons. The molecule has 7 heavy (non-hydrogen) atoms. The SMILES string of the molecule is C=C(F)S(=O)(=O)[O-]. The summed E-state index contributed by atoms with van der Waals surface area (Å²) in [7, 11) is -4.85. The van der Waals surface area contributed by atoms with Gasteiger partial charge in [0.05, 0.1) is 0 Å². The van der Waals surface area contributed by atoms with Crippen LogP contribution in [-0.2, 0) is 10.1 Å². The van der Waals surface area contributed by atoms with Gasteiger partial charge >= 0.3 is 0 Å². The summed E-state index contributed by atoms with van der Waals surface area (Å²) in [6, 6.07) is 0. The smallest absolute Gasteiger partial charge is 0.195 e. The minimum Gasteiger partial charge on any atom is -0.742 e. The van der Waals surface area contributed by atoms with E-state index in [0.29, 0.717) is 0 Å². The Labute approximate surface area is 40.2 Å². The van der Waals surface area contributed by atoms with E-state index in [1.807, 2.05) is 0 Å². The van der Waals surface area contributed by atoms with Crippen molar-refractivity contribution in [3.8, 4) is 0 Å². The van der Waals surface area contributed by atoms with Gasteiger partial charge in [0, 0.05) is 0 Å². The van der Waals surface area contributed by atoms with Gasteiger partial charge in [-0.2, -0.15) is 4.39 Å². The summed E-state index contributed by atoms with van der Waals surface area (Å²) in [5, 5.41) is -1.84. The minimum absolute atomic E-state index is 1.84. The first-order chi connectivity index (χ1) is 2.94. The van der Waals surface area contributed by atoms with Gasteiger partial charge in [0.2, 0.25) is 0 Å². The maximum Gasteiger partial charge on any atom is 0.195 e. The highest BCUT2D eigenvalue weighted by atomic mass is 32.2. The fraction of sp³-hybridized carbons (Fsp3) is 0. The van der Waals surface area contributed by atoms with E-state index < -0.39 is 15.3 Å². The molecule has 5 heteroatoms. The van der Waals surface area contributed by atoms with Crippen molar-refractivity contribution in [3.63, 3.8) is 0 Å². The molecule has 0 aromatic carbocycles. The quantitative estimate of drug-likeness (QED) is 0.462. The van der Waals surface area contributed by atoms with Crippen LogP contribution in [0.1, 0.15) is 0 Å². The Morgan fingerprint density at radius 3 is 1.86 bits per heavy atom. The summed E-state index contributed by atoms with van der Waals surface area (Å²) >= 11 is 0. The van der Waals surface area contributed by atoms with Crippen LogP contribution < -0.4 is 0 Å². The lowest BCUT2D eigenvalue weighted by Crippen LogP contribution is -1.94. The maximum atomic E-state index is 11.1. The highest BCUT2D eigenvalue weighted by Gasteiger charge is 1.95. The molecule has 0 unspecified atom stereocenters. The number of rotatable bonds is 1. The molecule has 0 aliphatic heterocycles. The Hall–Kier alpha value is -0.420. The molecule has 3 nitrogen and oxygen atoms in total. The third-order valence-corrected chi connectivity index (χ3v) is 0.814. The number of halogens is 1. The highest BCUT2D eigenvalue weighted by Crippen LogP contribution is 1.98. The van der Waals surface area contributed by atoms with E-state index in [-0.39, 0.29) is 0 Å². The first-order valence-electron chi connectivity index (χ1n) is 1.25. The molecule has 0 amide bonds. The molecular weight excluding hydrogens is 123 g/mol. The average Bonchev–Trinajstić information content (AvgIpc) is 1.31. The van der Waals surface area contributed by atoms with Crippen molar-refractivity contribution in [1.29, 1.82) is 0 Å². The molecule has 0 heterocycles. The lowest BCUT2D eigenvalue weighted by atomic mass is 11.2. The van der Waals surface area contributed by atoms with Crippen molar-refractivity contribution < 1.29 is 17.4 Å². The van der Waals surface area contributed by atoms with Crippen LogP contribution in [-0.4, -0.2) is 13.0 Å². The summed E-state index contributed by atoms with van der Waals surface area (Å²) in [6.07, 6.45) is 0. The minimum atomic E-state index is -4.85.